The van der Waals surface area contributed by atoms with Gasteiger partial charge < -0.3 is 0 Å². The molecule has 16 heavy (non-hydrogen) atoms. The summed E-state index contributed by atoms with van der Waals surface area (Å²) in [6.07, 6.45) is 3.15. The molecule has 0 amide bonds. The van der Waals surface area contributed by atoms with Crippen molar-refractivity contribution in [1.29, 1.82) is 0 Å². The number of benzene rings is 2. The number of hydrogen-bond acceptors (Lipinski definition) is 4. The Morgan fingerprint density at radius 3 is 1.69 bits per heavy atom. The van der Waals surface area contributed by atoms with E-state index < -0.39 is 0 Å². The lowest BCUT2D eigenvalue weighted by Crippen LogP contribution is -2.23. The first-order valence-corrected chi connectivity index (χ1v) is 5.00. The molecular weight excluding hydrogens is 200 g/mol. The summed E-state index contributed by atoms with van der Waals surface area (Å²) < 4.78 is 0. The largest absolute Gasteiger partial charge is 0.234 e. The molecule has 0 fully saturated rings. The van der Waals surface area contributed by atoms with Gasteiger partial charge in [-0.3, -0.25) is 0 Å². The highest BCUT2D eigenvalue weighted by atomic mass is 15.0. The molecule has 0 radical (unpaired) electrons. The second-order valence-corrected chi connectivity index (χ2v) is 3.69. The van der Waals surface area contributed by atoms with E-state index in [1.807, 2.05) is 24.3 Å². The Balaban J connectivity index is 2.43. The van der Waals surface area contributed by atoms with Crippen molar-refractivity contribution in [2.75, 3.05) is 0 Å². The van der Waals surface area contributed by atoms with Gasteiger partial charge in [-0.15, -0.1) is 0 Å². The minimum absolute atomic E-state index is 0.839. The van der Waals surface area contributed by atoms with Crippen molar-refractivity contribution >= 4 is 34.8 Å². The maximum absolute atomic E-state index is 4.30. The van der Waals surface area contributed by atoms with E-state index in [0.29, 0.717) is 0 Å². The minimum Gasteiger partial charge on any atom is -0.234 e. The number of hydrogen-bond donors (Lipinski definition) is 0. The average molecular weight is 206 g/mol. The number of rotatable bonds is 0. The van der Waals surface area contributed by atoms with E-state index in [4.69, 9.17) is 0 Å². The molecule has 4 heteroatoms. The van der Waals surface area contributed by atoms with Gasteiger partial charge in [0, 0.05) is 10.8 Å². The second kappa shape index (κ2) is 2.61. The van der Waals surface area contributed by atoms with Gasteiger partial charge in [0.25, 0.3) is 0 Å². The highest BCUT2D eigenvalue weighted by molar-refractivity contribution is 6.02. The van der Waals surface area contributed by atoms with Crippen LogP contribution in [0.15, 0.2) is 44.2 Å². The molecule has 2 aromatic rings. The van der Waals surface area contributed by atoms with E-state index in [0.717, 1.165) is 32.9 Å². The topological polar surface area (TPSA) is 49.4 Å². The summed E-state index contributed by atoms with van der Waals surface area (Å²) in [5.41, 5.74) is 1.81. The summed E-state index contributed by atoms with van der Waals surface area (Å²) in [5, 5.41) is 3.85. The zero-order valence-electron chi connectivity index (χ0n) is 8.25. The molecule has 2 aliphatic rings. The van der Waals surface area contributed by atoms with E-state index in [2.05, 4.69) is 20.0 Å². The van der Waals surface area contributed by atoms with Crippen LogP contribution in [0.3, 0.4) is 0 Å². The molecule has 0 saturated carbocycles. The molecule has 0 saturated heterocycles. The summed E-state index contributed by atoms with van der Waals surface area (Å²) in [4.78, 5) is 17.1. The Kier molecular flexibility index (Phi) is 1.28. The predicted molar refractivity (Wildman–Crippen MR) is 62.6 cm³/mol. The molecule has 0 bridgehead atoms. The van der Waals surface area contributed by atoms with Crippen LogP contribution in [-0.4, -0.2) is 12.7 Å². The third-order valence-corrected chi connectivity index (χ3v) is 2.86. The average Bonchev–Trinajstić information content (AvgIpc) is 2.98. The van der Waals surface area contributed by atoms with E-state index in [1.165, 1.54) is 0 Å². The number of nitrogens with zero attached hydrogens (tertiary/aromatic N) is 4. The normalized spacial score (nSPS) is 14.8. The van der Waals surface area contributed by atoms with Crippen LogP contribution in [-0.2, 0) is 0 Å². The Morgan fingerprint density at radius 2 is 1.19 bits per heavy atom. The Hall–Kier alpha value is -2.36. The minimum atomic E-state index is 0.839. The van der Waals surface area contributed by atoms with E-state index >= 15 is 0 Å². The molecule has 74 valence electrons. The van der Waals surface area contributed by atoms with Gasteiger partial charge in [-0.25, -0.2) is 20.0 Å². The summed E-state index contributed by atoms with van der Waals surface area (Å²) >= 11 is 0. The van der Waals surface area contributed by atoms with Crippen molar-refractivity contribution in [2.45, 2.75) is 0 Å². The number of fused-ring (bicyclic) bond motifs is 6. The molecule has 0 aliphatic carbocycles. The highest BCUT2D eigenvalue weighted by Gasteiger charge is 2.15. The van der Waals surface area contributed by atoms with Gasteiger partial charge in [-0.2, -0.15) is 0 Å². The molecule has 0 N–H and O–H groups in total. The highest BCUT2D eigenvalue weighted by Crippen LogP contribution is 2.29. The zero-order chi connectivity index (χ0) is 10.5. The first kappa shape index (κ1) is 7.87. The van der Waals surface area contributed by atoms with Gasteiger partial charge in [-0.1, -0.05) is 24.3 Å². The van der Waals surface area contributed by atoms with E-state index in [-0.39, 0.29) is 0 Å². The monoisotopic (exact) mass is 206 g/mol. The maximum Gasteiger partial charge on any atom is 0.119 e. The molecule has 2 aromatic carbocycles. The zero-order valence-corrected chi connectivity index (χ0v) is 8.25. The quantitative estimate of drug-likeness (QED) is 0.626. The second-order valence-electron chi connectivity index (χ2n) is 3.69. The lowest BCUT2D eigenvalue weighted by Gasteiger charge is -2.02. The molecule has 0 spiro atoms. The van der Waals surface area contributed by atoms with Crippen LogP contribution in [0.2, 0.25) is 0 Å². The van der Waals surface area contributed by atoms with Crippen LogP contribution in [0.1, 0.15) is 0 Å². The van der Waals surface area contributed by atoms with Crippen LogP contribution in [0.5, 0.6) is 0 Å². The Labute approximate surface area is 90.4 Å². The van der Waals surface area contributed by atoms with Crippen LogP contribution in [0.4, 0.5) is 11.4 Å². The molecule has 0 aromatic heterocycles. The Bertz CT molecular complexity index is 731. The lowest BCUT2D eigenvalue weighted by atomic mass is 10.1. The Morgan fingerprint density at radius 1 is 0.688 bits per heavy atom. The van der Waals surface area contributed by atoms with Gasteiger partial charge in [0.2, 0.25) is 0 Å². The predicted octanol–water partition coefficient (Wildman–Crippen LogP) is 1.43. The third-order valence-electron chi connectivity index (χ3n) is 2.86. The third kappa shape index (κ3) is 0.798. The van der Waals surface area contributed by atoms with Crippen molar-refractivity contribution in [3.05, 3.63) is 35.0 Å². The molecule has 4 rings (SSSR count). The molecule has 0 unspecified atom stereocenters. The van der Waals surface area contributed by atoms with E-state index in [1.54, 1.807) is 12.7 Å². The molecule has 2 aliphatic heterocycles. The van der Waals surface area contributed by atoms with Crippen molar-refractivity contribution in [1.82, 2.24) is 0 Å². The van der Waals surface area contributed by atoms with Crippen molar-refractivity contribution in [3.8, 4) is 0 Å². The van der Waals surface area contributed by atoms with Crippen molar-refractivity contribution in [3.63, 3.8) is 0 Å². The summed E-state index contributed by atoms with van der Waals surface area (Å²) in [6, 6.07) is 8.08. The molecule has 4 nitrogen and oxygen atoms in total. The summed E-state index contributed by atoms with van der Waals surface area (Å²) in [5.74, 6) is 0. The molecule has 2 heterocycles. The summed E-state index contributed by atoms with van der Waals surface area (Å²) in [6.45, 7) is 0. The van der Waals surface area contributed by atoms with Crippen LogP contribution < -0.4 is 10.7 Å². The van der Waals surface area contributed by atoms with Crippen LogP contribution >= 0.6 is 0 Å². The van der Waals surface area contributed by atoms with Crippen molar-refractivity contribution < 1.29 is 0 Å². The first-order valence-electron chi connectivity index (χ1n) is 5.00. The van der Waals surface area contributed by atoms with Gasteiger partial charge in [-0.05, 0) is 0 Å². The van der Waals surface area contributed by atoms with Gasteiger partial charge >= 0.3 is 0 Å². The number of aliphatic imine (C=N–C) groups is 2. The SMILES string of the molecule is C1=Nc2c(c3c(c4ccccc24)N=CN=3)=N1. The van der Waals surface area contributed by atoms with Crippen LogP contribution in [0.25, 0.3) is 10.8 Å². The fraction of sp³-hybridized carbons (Fsp3) is 0. The fourth-order valence-electron chi connectivity index (χ4n) is 2.17. The van der Waals surface area contributed by atoms with Gasteiger partial charge in [0.05, 0.1) is 0 Å². The molecular formula is C12H6N4. The first-order chi connectivity index (χ1) is 7.95. The standard InChI is InChI=1S/C12H6N4/c1-2-4-8-7(3-1)9-11(15-5-13-9)12-10(8)14-6-16-12/h1-6H. The van der Waals surface area contributed by atoms with Gasteiger partial charge in [0.15, 0.2) is 0 Å². The van der Waals surface area contributed by atoms with Crippen LogP contribution in [0, 0.1) is 0 Å². The fourth-order valence-corrected chi connectivity index (χ4v) is 2.17. The summed E-state index contributed by atoms with van der Waals surface area (Å²) in [7, 11) is 0. The molecule has 0 atom stereocenters. The lowest BCUT2D eigenvalue weighted by molar-refractivity contribution is 1.35. The van der Waals surface area contributed by atoms with E-state index in [9.17, 15) is 0 Å². The smallest absolute Gasteiger partial charge is 0.119 e. The maximum atomic E-state index is 4.30. The van der Waals surface area contributed by atoms with Gasteiger partial charge in [0.1, 0.15) is 34.8 Å². The van der Waals surface area contributed by atoms with Crippen molar-refractivity contribution in [2.24, 2.45) is 20.0 Å².